The Bertz CT molecular complexity index is 1050. The number of nitrogens with one attached hydrogen (secondary N) is 1. The molecule has 0 amide bonds. The van der Waals surface area contributed by atoms with Gasteiger partial charge in [-0.2, -0.15) is 13.2 Å². The highest BCUT2D eigenvalue weighted by molar-refractivity contribution is 6.01. The molecule has 1 spiro atoms. The van der Waals surface area contributed by atoms with E-state index in [1.807, 2.05) is 12.3 Å². The molecular formula is C25H32F3N5O. The molecule has 5 N–H and O–H groups in total. The first kappa shape index (κ1) is 24.2. The molecule has 0 aromatic heterocycles. The third kappa shape index (κ3) is 4.94. The standard InChI is InChI=1S/C25H32F3N5O/c1-16-18(4-3-5-21(16)25(26,27)28)13-32-23(30)20-12-19(14-31-22(20)17(2)29)33-9-6-24(7-10-33)8-11-34-15-24/h3-5,12,14,31H,6-11,13,15,29H2,1-2H3,(H2,30,32)/b22-17+. The molecule has 3 aliphatic rings. The number of piperidine rings is 1. The number of halogens is 3. The summed E-state index contributed by atoms with van der Waals surface area (Å²) in [6, 6.07) is 4.12. The number of nitrogens with two attached hydrogens (primary N) is 2. The molecule has 0 saturated carbocycles. The Hall–Kier alpha value is -2.94. The summed E-state index contributed by atoms with van der Waals surface area (Å²) in [4.78, 5) is 6.75. The van der Waals surface area contributed by atoms with Crippen molar-refractivity contribution in [2.45, 2.75) is 45.8 Å². The number of hydrogen-bond donors (Lipinski definition) is 3. The van der Waals surface area contributed by atoms with E-state index < -0.39 is 11.7 Å². The van der Waals surface area contributed by atoms with E-state index >= 15 is 0 Å². The van der Waals surface area contributed by atoms with Crippen LogP contribution in [0.5, 0.6) is 0 Å². The first-order valence-electron chi connectivity index (χ1n) is 11.5. The summed E-state index contributed by atoms with van der Waals surface area (Å²) in [7, 11) is 0. The number of aliphatic imine (C=N–C) groups is 1. The van der Waals surface area contributed by atoms with Crippen LogP contribution in [0.25, 0.3) is 0 Å². The number of ether oxygens (including phenoxy) is 1. The third-order valence-corrected chi connectivity index (χ3v) is 7.14. The lowest BCUT2D eigenvalue weighted by atomic mass is 9.78. The summed E-state index contributed by atoms with van der Waals surface area (Å²) >= 11 is 0. The van der Waals surface area contributed by atoms with E-state index in [0.29, 0.717) is 27.9 Å². The van der Waals surface area contributed by atoms with Gasteiger partial charge in [0, 0.05) is 37.2 Å². The second-order valence-corrected chi connectivity index (χ2v) is 9.41. The van der Waals surface area contributed by atoms with Gasteiger partial charge in [-0.15, -0.1) is 0 Å². The highest BCUT2D eigenvalue weighted by atomic mass is 19.4. The lowest BCUT2D eigenvalue weighted by Gasteiger charge is -2.40. The maximum atomic E-state index is 13.3. The van der Waals surface area contributed by atoms with Crippen molar-refractivity contribution >= 4 is 5.84 Å². The van der Waals surface area contributed by atoms with Gasteiger partial charge in [-0.1, -0.05) is 12.1 Å². The summed E-state index contributed by atoms with van der Waals surface area (Å²) in [6.45, 7) is 6.79. The molecular weight excluding hydrogens is 443 g/mol. The minimum absolute atomic E-state index is 0.0428. The molecule has 1 aromatic carbocycles. The number of benzene rings is 1. The Morgan fingerprint density at radius 2 is 1.94 bits per heavy atom. The van der Waals surface area contributed by atoms with Crippen molar-refractivity contribution in [2.24, 2.45) is 21.9 Å². The summed E-state index contributed by atoms with van der Waals surface area (Å²) in [5, 5.41) is 3.24. The van der Waals surface area contributed by atoms with Crippen molar-refractivity contribution in [3.8, 4) is 0 Å². The van der Waals surface area contributed by atoms with Crippen LogP contribution in [0.1, 0.15) is 42.9 Å². The second kappa shape index (κ2) is 9.37. The number of likely N-dealkylation sites (tertiary alicyclic amines) is 1. The zero-order valence-electron chi connectivity index (χ0n) is 19.6. The van der Waals surface area contributed by atoms with Gasteiger partial charge in [0.2, 0.25) is 0 Å². The Kier molecular flexibility index (Phi) is 6.66. The molecule has 3 heterocycles. The van der Waals surface area contributed by atoms with Crippen molar-refractivity contribution in [2.75, 3.05) is 26.3 Å². The number of dihydropyridines is 1. The average molecular weight is 476 g/mol. The molecule has 184 valence electrons. The fourth-order valence-electron chi connectivity index (χ4n) is 4.90. The molecule has 3 aliphatic heterocycles. The molecule has 2 saturated heterocycles. The first-order chi connectivity index (χ1) is 16.1. The van der Waals surface area contributed by atoms with E-state index in [4.69, 9.17) is 16.2 Å². The number of nitrogens with zero attached hydrogens (tertiary/aromatic N) is 2. The van der Waals surface area contributed by atoms with E-state index in [1.54, 1.807) is 13.0 Å². The van der Waals surface area contributed by atoms with Crippen molar-refractivity contribution in [1.29, 1.82) is 0 Å². The molecule has 0 bridgehead atoms. The summed E-state index contributed by atoms with van der Waals surface area (Å²) in [5.74, 6) is 0.229. The van der Waals surface area contributed by atoms with Crippen LogP contribution in [-0.4, -0.2) is 37.0 Å². The van der Waals surface area contributed by atoms with Crippen LogP contribution in [-0.2, 0) is 17.5 Å². The molecule has 9 heteroatoms. The van der Waals surface area contributed by atoms with Crippen LogP contribution in [0, 0.1) is 12.3 Å². The number of allylic oxidation sites excluding steroid dienone is 2. The molecule has 0 aliphatic carbocycles. The molecule has 0 unspecified atom stereocenters. The van der Waals surface area contributed by atoms with E-state index in [2.05, 4.69) is 15.2 Å². The molecule has 0 atom stereocenters. The summed E-state index contributed by atoms with van der Waals surface area (Å²) in [5.41, 5.74) is 15.6. The number of hydrogen-bond acceptors (Lipinski definition) is 5. The minimum atomic E-state index is -4.41. The predicted octanol–water partition coefficient (Wildman–Crippen LogP) is 3.93. The smallest absolute Gasteiger partial charge is 0.401 e. The van der Waals surface area contributed by atoms with E-state index in [-0.39, 0.29) is 17.9 Å². The number of alkyl halides is 3. The van der Waals surface area contributed by atoms with Crippen LogP contribution in [0.4, 0.5) is 13.2 Å². The van der Waals surface area contributed by atoms with Gasteiger partial charge in [0.05, 0.1) is 30.1 Å². The fourth-order valence-corrected chi connectivity index (χ4v) is 4.90. The Labute approximate surface area is 198 Å². The fraction of sp³-hybridized carbons (Fsp3) is 0.480. The second-order valence-electron chi connectivity index (χ2n) is 9.41. The Balaban J connectivity index is 1.54. The minimum Gasteiger partial charge on any atom is -0.401 e. The first-order valence-corrected chi connectivity index (χ1v) is 11.5. The lowest BCUT2D eigenvalue weighted by molar-refractivity contribution is -0.138. The van der Waals surface area contributed by atoms with Gasteiger partial charge in [-0.05, 0) is 61.8 Å². The lowest BCUT2D eigenvalue weighted by Crippen LogP contribution is -2.41. The van der Waals surface area contributed by atoms with Gasteiger partial charge in [0.25, 0.3) is 0 Å². The van der Waals surface area contributed by atoms with E-state index in [0.717, 1.165) is 57.3 Å². The van der Waals surface area contributed by atoms with Gasteiger partial charge in [0.15, 0.2) is 0 Å². The normalized spacial score (nSPS) is 22.4. The molecule has 1 aromatic rings. The zero-order valence-corrected chi connectivity index (χ0v) is 19.6. The van der Waals surface area contributed by atoms with E-state index in [9.17, 15) is 13.2 Å². The van der Waals surface area contributed by atoms with Crippen LogP contribution >= 0.6 is 0 Å². The monoisotopic (exact) mass is 475 g/mol. The van der Waals surface area contributed by atoms with Crippen LogP contribution in [0.2, 0.25) is 0 Å². The maximum absolute atomic E-state index is 13.3. The van der Waals surface area contributed by atoms with Crippen molar-refractivity contribution in [3.63, 3.8) is 0 Å². The third-order valence-electron chi connectivity index (χ3n) is 7.14. The number of amidine groups is 1. The number of rotatable bonds is 4. The summed E-state index contributed by atoms with van der Waals surface area (Å²) < 4.78 is 45.4. The Morgan fingerprint density at radius 1 is 1.21 bits per heavy atom. The highest BCUT2D eigenvalue weighted by Gasteiger charge is 2.38. The largest absolute Gasteiger partial charge is 0.416 e. The van der Waals surface area contributed by atoms with Gasteiger partial charge < -0.3 is 26.4 Å². The molecule has 0 radical (unpaired) electrons. The van der Waals surface area contributed by atoms with Crippen LogP contribution in [0.3, 0.4) is 0 Å². The van der Waals surface area contributed by atoms with Crippen LogP contribution < -0.4 is 16.8 Å². The molecule has 2 fully saturated rings. The predicted molar refractivity (Wildman–Crippen MR) is 126 cm³/mol. The quantitative estimate of drug-likeness (QED) is 0.454. The van der Waals surface area contributed by atoms with Gasteiger partial charge in [-0.25, -0.2) is 0 Å². The average Bonchev–Trinajstić information content (AvgIpc) is 3.25. The van der Waals surface area contributed by atoms with Crippen molar-refractivity contribution < 1.29 is 17.9 Å². The Morgan fingerprint density at radius 3 is 2.56 bits per heavy atom. The van der Waals surface area contributed by atoms with Gasteiger partial charge in [-0.3, -0.25) is 4.99 Å². The van der Waals surface area contributed by atoms with Crippen molar-refractivity contribution in [1.82, 2.24) is 10.2 Å². The highest BCUT2D eigenvalue weighted by Crippen LogP contribution is 2.40. The van der Waals surface area contributed by atoms with Crippen molar-refractivity contribution in [3.05, 3.63) is 69.8 Å². The molecule has 6 nitrogen and oxygen atoms in total. The summed E-state index contributed by atoms with van der Waals surface area (Å²) in [6.07, 6.45) is 2.74. The van der Waals surface area contributed by atoms with E-state index in [1.165, 1.54) is 13.0 Å². The molecule has 4 rings (SSSR count). The topological polar surface area (TPSA) is 88.9 Å². The zero-order chi connectivity index (χ0) is 24.5. The SMILES string of the molecule is C/C(N)=C1\NC=C(N2CCC3(CCOC3)CC2)C=C1C(N)=NCc1cccc(C(F)(F)F)c1C. The van der Waals surface area contributed by atoms with Gasteiger partial charge in [0.1, 0.15) is 5.84 Å². The molecule has 34 heavy (non-hydrogen) atoms. The maximum Gasteiger partial charge on any atom is 0.416 e. The van der Waals surface area contributed by atoms with Crippen LogP contribution in [0.15, 0.2) is 58.1 Å². The van der Waals surface area contributed by atoms with Gasteiger partial charge >= 0.3 is 6.18 Å².